The zero-order valence-corrected chi connectivity index (χ0v) is 9.69. The molecule has 0 aliphatic rings. The SMILES string of the molecule is CC(N)CC(=O)NCC(O)c1cccc(F)c1. The van der Waals surface area contributed by atoms with Gasteiger partial charge in [-0.15, -0.1) is 0 Å². The van der Waals surface area contributed by atoms with Gasteiger partial charge < -0.3 is 16.2 Å². The van der Waals surface area contributed by atoms with Crippen LogP contribution >= 0.6 is 0 Å². The Morgan fingerprint density at radius 2 is 2.29 bits per heavy atom. The molecule has 0 saturated carbocycles. The van der Waals surface area contributed by atoms with Gasteiger partial charge in [0.05, 0.1) is 6.10 Å². The number of nitrogens with one attached hydrogen (secondary N) is 1. The van der Waals surface area contributed by atoms with E-state index in [1.54, 1.807) is 13.0 Å². The molecule has 94 valence electrons. The van der Waals surface area contributed by atoms with Crippen molar-refractivity contribution >= 4 is 5.91 Å². The molecule has 0 aliphatic carbocycles. The maximum absolute atomic E-state index is 12.9. The lowest BCUT2D eigenvalue weighted by atomic mass is 10.1. The molecule has 0 heterocycles. The number of nitrogens with two attached hydrogens (primary N) is 1. The summed E-state index contributed by atoms with van der Waals surface area (Å²) in [6.07, 6.45) is -0.710. The first-order chi connectivity index (χ1) is 7.99. The minimum absolute atomic E-state index is 0.0506. The van der Waals surface area contributed by atoms with E-state index >= 15 is 0 Å². The molecule has 0 fully saturated rings. The summed E-state index contributed by atoms with van der Waals surface area (Å²) in [6.45, 7) is 1.78. The van der Waals surface area contributed by atoms with Crippen LogP contribution in [0.5, 0.6) is 0 Å². The van der Waals surface area contributed by atoms with Crippen molar-refractivity contribution in [3.05, 3.63) is 35.6 Å². The molecule has 1 aromatic carbocycles. The fourth-order valence-electron chi connectivity index (χ4n) is 1.41. The van der Waals surface area contributed by atoms with E-state index in [1.807, 2.05) is 0 Å². The number of rotatable bonds is 5. The fraction of sp³-hybridized carbons (Fsp3) is 0.417. The Bertz CT molecular complexity index is 383. The van der Waals surface area contributed by atoms with Crippen LogP contribution in [-0.2, 0) is 4.79 Å². The van der Waals surface area contributed by atoms with Gasteiger partial charge in [0.1, 0.15) is 5.82 Å². The lowest BCUT2D eigenvalue weighted by molar-refractivity contribution is -0.121. The van der Waals surface area contributed by atoms with Crippen LogP contribution in [0.25, 0.3) is 0 Å². The van der Waals surface area contributed by atoms with Crippen molar-refractivity contribution in [3.8, 4) is 0 Å². The maximum atomic E-state index is 12.9. The van der Waals surface area contributed by atoms with Crippen molar-refractivity contribution in [1.82, 2.24) is 5.32 Å². The molecule has 2 atom stereocenters. The zero-order valence-electron chi connectivity index (χ0n) is 9.69. The quantitative estimate of drug-likeness (QED) is 0.709. The summed E-state index contributed by atoms with van der Waals surface area (Å²) in [5, 5.41) is 12.3. The molecule has 0 aromatic heterocycles. The third kappa shape index (κ3) is 4.93. The van der Waals surface area contributed by atoms with Crippen LogP contribution in [0, 0.1) is 5.82 Å². The second-order valence-electron chi connectivity index (χ2n) is 4.06. The molecule has 4 nitrogen and oxygen atoms in total. The predicted octanol–water partition coefficient (Wildman–Crippen LogP) is 0.713. The lowest BCUT2D eigenvalue weighted by Crippen LogP contribution is -2.32. The Labute approximate surface area is 99.6 Å². The molecule has 2 unspecified atom stereocenters. The summed E-state index contributed by atoms with van der Waals surface area (Å²) >= 11 is 0. The van der Waals surface area contributed by atoms with Gasteiger partial charge in [-0.3, -0.25) is 4.79 Å². The molecular formula is C12H17FN2O2. The number of aliphatic hydroxyl groups excluding tert-OH is 1. The molecule has 4 N–H and O–H groups in total. The number of benzene rings is 1. The Hall–Kier alpha value is -1.46. The number of aliphatic hydroxyl groups is 1. The van der Waals surface area contributed by atoms with Gasteiger partial charge in [0.2, 0.25) is 5.91 Å². The fourth-order valence-corrected chi connectivity index (χ4v) is 1.41. The number of carbonyl (C=O) groups is 1. The largest absolute Gasteiger partial charge is 0.387 e. The smallest absolute Gasteiger partial charge is 0.221 e. The van der Waals surface area contributed by atoms with Crippen molar-refractivity contribution in [2.45, 2.75) is 25.5 Å². The van der Waals surface area contributed by atoms with E-state index in [2.05, 4.69) is 5.32 Å². The van der Waals surface area contributed by atoms with E-state index in [9.17, 15) is 14.3 Å². The molecule has 17 heavy (non-hydrogen) atoms. The van der Waals surface area contributed by atoms with Gasteiger partial charge in [-0.1, -0.05) is 12.1 Å². The molecule has 0 radical (unpaired) electrons. The molecular weight excluding hydrogens is 223 g/mol. The average molecular weight is 240 g/mol. The van der Waals surface area contributed by atoms with Crippen LogP contribution in [0.15, 0.2) is 24.3 Å². The second-order valence-corrected chi connectivity index (χ2v) is 4.06. The lowest BCUT2D eigenvalue weighted by Gasteiger charge is -2.13. The van der Waals surface area contributed by atoms with Gasteiger partial charge in [-0.25, -0.2) is 4.39 Å². The normalized spacial score (nSPS) is 14.1. The monoisotopic (exact) mass is 240 g/mol. The van der Waals surface area contributed by atoms with Crippen molar-refractivity contribution < 1.29 is 14.3 Å². The average Bonchev–Trinajstić information content (AvgIpc) is 2.25. The molecule has 5 heteroatoms. The van der Waals surface area contributed by atoms with E-state index < -0.39 is 11.9 Å². The van der Waals surface area contributed by atoms with Gasteiger partial charge in [0.25, 0.3) is 0 Å². The van der Waals surface area contributed by atoms with Gasteiger partial charge in [-0.2, -0.15) is 0 Å². The van der Waals surface area contributed by atoms with E-state index in [-0.39, 0.29) is 24.9 Å². The van der Waals surface area contributed by atoms with E-state index in [4.69, 9.17) is 5.73 Å². The standard InChI is InChI=1S/C12H17FN2O2/c1-8(14)5-12(17)15-7-11(16)9-3-2-4-10(13)6-9/h2-4,6,8,11,16H,5,7,14H2,1H3,(H,15,17). The van der Waals surface area contributed by atoms with Crippen LogP contribution in [-0.4, -0.2) is 23.6 Å². The summed E-state index contributed by atoms with van der Waals surface area (Å²) in [4.78, 5) is 11.3. The second kappa shape index (κ2) is 6.32. The highest BCUT2D eigenvalue weighted by atomic mass is 19.1. The molecule has 1 rings (SSSR count). The summed E-state index contributed by atoms with van der Waals surface area (Å²) in [6, 6.07) is 5.43. The predicted molar refractivity (Wildman–Crippen MR) is 62.6 cm³/mol. The summed E-state index contributed by atoms with van der Waals surface area (Å²) in [5.74, 6) is -0.640. The van der Waals surface area contributed by atoms with E-state index in [1.165, 1.54) is 18.2 Å². The van der Waals surface area contributed by atoms with Crippen molar-refractivity contribution in [1.29, 1.82) is 0 Å². The van der Waals surface area contributed by atoms with Gasteiger partial charge in [0.15, 0.2) is 0 Å². The highest BCUT2D eigenvalue weighted by Crippen LogP contribution is 2.12. The molecule has 0 spiro atoms. The van der Waals surface area contributed by atoms with Crippen LogP contribution in [0.3, 0.4) is 0 Å². The highest BCUT2D eigenvalue weighted by molar-refractivity contribution is 5.76. The Morgan fingerprint density at radius 3 is 2.88 bits per heavy atom. The molecule has 1 aromatic rings. The molecule has 1 amide bonds. The number of hydrogen-bond acceptors (Lipinski definition) is 3. The Kier molecular flexibility index (Phi) is 5.06. The first-order valence-corrected chi connectivity index (χ1v) is 5.45. The molecule has 0 aliphatic heterocycles. The van der Waals surface area contributed by atoms with Crippen LogP contribution in [0.4, 0.5) is 4.39 Å². The van der Waals surface area contributed by atoms with Gasteiger partial charge in [-0.05, 0) is 24.6 Å². The van der Waals surface area contributed by atoms with Crippen molar-refractivity contribution in [3.63, 3.8) is 0 Å². The number of amides is 1. The first kappa shape index (κ1) is 13.6. The van der Waals surface area contributed by atoms with E-state index in [0.717, 1.165) is 0 Å². The number of halogens is 1. The van der Waals surface area contributed by atoms with Crippen molar-refractivity contribution in [2.75, 3.05) is 6.54 Å². The summed E-state index contributed by atoms with van der Waals surface area (Å²) in [7, 11) is 0. The Balaban J connectivity index is 2.44. The third-order valence-electron chi connectivity index (χ3n) is 2.23. The summed E-state index contributed by atoms with van der Waals surface area (Å²) in [5.41, 5.74) is 5.89. The van der Waals surface area contributed by atoms with Gasteiger partial charge in [0, 0.05) is 19.0 Å². The number of carbonyl (C=O) groups excluding carboxylic acids is 1. The number of hydrogen-bond donors (Lipinski definition) is 3. The van der Waals surface area contributed by atoms with Gasteiger partial charge >= 0.3 is 0 Å². The van der Waals surface area contributed by atoms with Crippen LogP contribution in [0.1, 0.15) is 25.0 Å². The zero-order chi connectivity index (χ0) is 12.8. The van der Waals surface area contributed by atoms with Crippen LogP contribution < -0.4 is 11.1 Å². The van der Waals surface area contributed by atoms with Crippen molar-refractivity contribution in [2.24, 2.45) is 5.73 Å². The minimum atomic E-state index is -0.914. The van der Waals surface area contributed by atoms with E-state index in [0.29, 0.717) is 5.56 Å². The summed E-state index contributed by atoms with van der Waals surface area (Å²) < 4.78 is 12.9. The minimum Gasteiger partial charge on any atom is -0.387 e. The Morgan fingerprint density at radius 1 is 1.59 bits per heavy atom. The van der Waals surface area contributed by atoms with Crippen LogP contribution in [0.2, 0.25) is 0 Å². The first-order valence-electron chi connectivity index (χ1n) is 5.45. The maximum Gasteiger partial charge on any atom is 0.221 e. The highest BCUT2D eigenvalue weighted by Gasteiger charge is 2.10. The molecule has 0 bridgehead atoms. The topological polar surface area (TPSA) is 75.4 Å². The third-order valence-corrected chi connectivity index (χ3v) is 2.23. The molecule has 0 saturated heterocycles.